The van der Waals surface area contributed by atoms with Crippen LogP contribution in [0.5, 0.6) is 0 Å². The van der Waals surface area contributed by atoms with Gasteiger partial charge in [0.15, 0.2) is 0 Å². The minimum atomic E-state index is -2.78. The smallest absolute Gasteiger partial charge is 0.326 e. The van der Waals surface area contributed by atoms with Crippen molar-refractivity contribution in [3.05, 3.63) is 89.5 Å². The number of aryl methyl sites for hydroxylation is 3. The highest BCUT2D eigenvalue weighted by Gasteiger charge is 2.50. The van der Waals surface area contributed by atoms with E-state index in [0.29, 0.717) is 0 Å². The van der Waals surface area contributed by atoms with Crippen LogP contribution in [0.1, 0.15) is 172 Å². The Morgan fingerprint density at radius 1 is 0.380 bits per heavy atom. The second-order valence-corrected chi connectivity index (χ2v) is 18.5. The number of hydrogen-bond donors (Lipinski definition) is 2. The highest BCUT2D eigenvalue weighted by Crippen LogP contribution is 2.63. The van der Waals surface area contributed by atoms with Crippen molar-refractivity contribution in [1.82, 2.24) is 0 Å². The predicted molar refractivity (Wildman–Crippen MR) is 223 cm³/mol. The van der Waals surface area contributed by atoms with Gasteiger partial charge < -0.3 is 9.79 Å². The molecule has 3 nitrogen and oxygen atoms in total. The molecule has 0 aromatic heterocycles. The van der Waals surface area contributed by atoms with Crippen molar-refractivity contribution in [3.63, 3.8) is 0 Å². The molecule has 0 aliphatic heterocycles. The molecule has 0 radical (unpaired) electrons. The first kappa shape index (κ1) is 42.8. The summed E-state index contributed by atoms with van der Waals surface area (Å²) in [6.07, 6.45) is 30.7. The SMILES string of the molecule is CCCCCCCCCc1ccc([P+](OP(O)O)(c2ccc(CCCCCCCCC)cc2)c2ccc(CCCCCCCCC)cc2)cc1. The number of benzene rings is 3. The molecule has 0 amide bonds. The standard InChI is InChI=1S/C45H71O3P2/c1-4-7-10-13-16-19-22-25-40-28-34-43(35-29-40)50(48-49(46)47,44-36-30-41(31-37-44)26-23-20-17-14-11-8-5-2)45-38-32-42(33-39-45)27-24-21-18-15-12-9-6-3/h28-39,46-47H,4-27H2,1-3H3/q+1. The Morgan fingerprint density at radius 2 is 0.620 bits per heavy atom. The quantitative estimate of drug-likeness (QED) is 0.0554. The van der Waals surface area contributed by atoms with Gasteiger partial charge in [0.2, 0.25) is 0 Å². The molecule has 50 heavy (non-hydrogen) atoms. The lowest BCUT2D eigenvalue weighted by Gasteiger charge is -2.26. The van der Waals surface area contributed by atoms with Crippen LogP contribution in [0.2, 0.25) is 0 Å². The maximum atomic E-state index is 10.5. The Kier molecular flexibility index (Phi) is 22.4. The van der Waals surface area contributed by atoms with E-state index in [-0.39, 0.29) is 0 Å². The zero-order valence-corrected chi connectivity index (χ0v) is 33.9. The lowest BCUT2D eigenvalue weighted by atomic mass is 10.0. The number of rotatable bonds is 29. The van der Waals surface area contributed by atoms with E-state index in [0.717, 1.165) is 35.2 Å². The molecule has 3 aromatic rings. The molecule has 0 atom stereocenters. The molecule has 278 valence electrons. The van der Waals surface area contributed by atoms with E-state index in [1.807, 2.05) is 0 Å². The van der Waals surface area contributed by atoms with Crippen LogP contribution in [0, 0.1) is 0 Å². The molecule has 0 fully saturated rings. The van der Waals surface area contributed by atoms with Gasteiger partial charge in [0, 0.05) is 0 Å². The summed E-state index contributed by atoms with van der Waals surface area (Å²) >= 11 is 0. The Balaban J connectivity index is 1.80. The summed E-state index contributed by atoms with van der Waals surface area (Å²) in [5.74, 6) is 0. The van der Waals surface area contributed by atoms with E-state index in [1.54, 1.807) is 0 Å². The van der Waals surface area contributed by atoms with Crippen LogP contribution in [-0.2, 0) is 23.6 Å². The minimum Gasteiger partial charge on any atom is -0.326 e. The van der Waals surface area contributed by atoms with Crippen LogP contribution >= 0.6 is 16.1 Å². The first-order chi connectivity index (χ1) is 24.5. The molecule has 0 spiro atoms. The van der Waals surface area contributed by atoms with E-state index in [2.05, 4.69) is 93.6 Å². The Bertz CT molecular complexity index is 1090. The maximum Gasteiger partial charge on any atom is 0.368 e. The predicted octanol–water partition coefficient (Wildman–Crippen LogP) is 13.0. The van der Waals surface area contributed by atoms with E-state index in [9.17, 15) is 9.79 Å². The molecule has 5 heteroatoms. The third-order valence-electron chi connectivity index (χ3n) is 10.3. The van der Waals surface area contributed by atoms with Crippen molar-refractivity contribution in [2.24, 2.45) is 0 Å². The Hall–Kier alpha value is -1.60. The van der Waals surface area contributed by atoms with Gasteiger partial charge in [-0.1, -0.05) is 173 Å². The average Bonchev–Trinajstić information content (AvgIpc) is 3.13. The number of unbranched alkanes of at least 4 members (excludes halogenated alkanes) is 18. The number of hydrogen-bond acceptors (Lipinski definition) is 3. The van der Waals surface area contributed by atoms with E-state index in [4.69, 9.17) is 4.31 Å². The van der Waals surface area contributed by atoms with Crippen molar-refractivity contribution >= 4 is 32.0 Å². The zero-order chi connectivity index (χ0) is 35.7. The van der Waals surface area contributed by atoms with Crippen molar-refractivity contribution in [2.75, 3.05) is 0 Å². The molecule has 3 aromatic carbocycles. The maximum absolute atomic E-state index is 10.5. The first-order valence-corrected chi connectivity index (χ1v) is 23.5. The molecule has 0 unspecified atom stereocenters. The van der Waals surface area contributed by atoms with Gasteiger partial charge in [-0.3, -0.25) is 0 Å². The third kappa shape index (κ3) is 15.6. The lowest BCUT2D eigenvalue weighted by Crippen LogP contribution is -2.32. The molecular formula is C45H71O3P2+. The fourth-order valence-electron chi connectivity index (χ4n) is 7.17. The van der Waals surface area contributed by atoms with Crippen molar-refractivity contribution in [1.29, 1.82) is 0 Å². The van der Waals surface area contributed by atoms with Gasteiger partial charge in [-0.2, -0.15) is 0 Å². The first-order valence-electron chi connectivity index (χ1n) is 20.6. The summed E-state index contributed by atoms with van der Waals surface area (Å²) in [4.78, 5) is 21.0. The molecule has 0 saturated carbocycles. The van der Waals surface area contributed by atoms with E-state index < -0.39 is 16.1 Å². The van der Waals surface area contributed by atoms with Crippen LogP contribution in [0.15, 0.2) is 72.8 Å². The highest BCUT2D eigenvalue weighted by atomic mass is 31.3. The van der Waals surface area contributed by atoms with Gasteiger partial charge in [0.1, 0.15) is 15.9 Å². The molecule has 0 aliphatic carbocycles. The molecule has 0 bridgehead atoms. The van der Waals surface area contributed by atoms with E-state index in [1.165, 1.54) is 152 Å². The van der Waals surface area contributed by atoms with Gasteiger partial charge >= 0.3 is 8.60 Å². The second-order valence-electron chi connectivity index (χ2n) is 14.6. The van der Waals surface area contributed by atoms with Gasteiger partial charge in [0.25, 0.3) is 7.49 Å². The largest absolute Gasteiger partial charge is 0.368 e. The van der Waals surface area contributed by atoms with Crippen molar-refractivity contribution in [3.8, 4) is 0 Å². The molecule has 3 rings (SSSR count). The monoisotopic (exact) mass is 721 g/mol. The summed E-state index contributed by atoms with van der Waals surface area (Å²) in [7, 11) is -5.37. The zero-order valence-electron chi connectivity index (χ0n) is 32.1. The second kappa shape index (κ2) is 26.2. The molecule has 0 aliphatic rings. The summed E-state index contributed by atoms with van der Waals surface area (Å²) in [6, 6.07) is 26.6. The molecule has 2 N–H and O–H groups in total. The summed E-state index contributed by atoms with van der Waals surface area (Å²) in [6.45, 7) is 6.82. The van der Waals surface area contributed by atoms with Crippen molar-refractivity contribution in [2.45, 2.75) is 175 Å². The topological polar surface area (TPSA) is 49.7 Å². The van der Waals surface area contributed by atoms with Gasteiger partial charge in [-0.05, 0) is 91.6 Å². The third-order valence-corrected chi connectivity index (χ3v) is 14.9. The average molecular weight is 722 g/mol. The molecule has 0 heterocycles. The fourth-order valence-corrected chi connectivity index (χ4v) is 11.8. The van der Waals surface area contributed by atoms with E-state index >= 15 is 0 Å². The Labute approximate surface area is 309 Å². The van der Waals surface area contributed by atoms with Crippen LogP contribution in [0.25, 0.3) is 0 Å². The van der Waals surface area contributed by atoms with Gasteiger partial charge in [-0.15, -0.1) is 4.31 Å². The summed E-state index contributed by atoms with van der Waals surface area (Å²) < 4.78 is 6.44. The minimum absolute atomic E-state index is 1.04. The van der Waals surface area contributed by atoms with Crippen LogP contribution < -0.4 is 15.9 Å². The lowest BCUT2D eigenvalue weighted by molar-refractivity contribution is 0.391. The van der Waals surface area contributed by atoms with Crippen LogP contribution in [0.4, 0.5) is 0 Å². The highest BCUT2D eigenvalue weighted by molar-refractivity contribution is 7.94. The van der Waals surface area contributed by atoms with Crippen LogP contribution in [-0.4, -0.2) is 9.79 Å². The summed E-state index contributed by atoms with van der Waals surface area (Å²) in [5.41, 5.74) is 4.02. The fraction of sp³-hybridized carbons (Fsp3) is 0.600. The summed E-state index contributed by atoms with van der Waals surface area (Å²) in [5, 5.41) is 3.11. The molecular weight excluding hydrogens is 650 g/mol. The Morgan fingerprint density at radius 3 is 0.860 bits per heavy atom. The van der Waals surface area contributed by atoms with Gasteiger partial charge in [0.05, 0.1) is 0 Å². The molecule has 0 saturated heterocycles. The van der Waals surface area contributed by atoms with Gasteiger partial charge in [-0.25, -0.2) is 0 Å². The normalized spacial score (nSPS) is 11.9. The van der Waals surface area contributed by atoms with Crippen LogP contribution in [0.3, 0.4) is 0 Å². The van der Waals surface area contributed by atoms with Crippen molar-refractivity contribution < 1.29 is 14.1 Å².